The molecule has 0 radical (unpaired) electrons. The van der Waals surface area contributed by atoms with Crippen molar-refractivity contribution < 1.29 is 9.53 Å². The van der Waals surface area contributed by atoms with Crippen molar-refractivity contribution >= 4 is 5.97 Å². The Bertz CT molecular complexity index is 150. The number of ether oxygens (including phenoxy) is 1. The number of rotatable bonds is 5. The molecule has 0 fully saturated rings. The van der Waals surface area contributed by atoms with E-state index < -0.39 is 0 Å². The Hall–Kier alpha value is -0.790. The van der Waals surface area contributed by atoms with Gasteiger partial charge in [-0.15, -0.1) is 0 Å². The molecule has 2 heteroatoms. The first-order chi connectivity index (χ1) is 5.70. The molecule has 0 heterocycles. The summed E-state index contributed by atoms with van der Waals surface area (Å²) >= 11 is 0. The van der Waals surface area contributed by atoms with Crippen LogP contribution in [0.2, 0.25) is 0 Å². The monoisotopic (exact) mass is 170 g/mol. The molecule has 0 unspecified atom stereocenters. The summed E-state index contributed by atoms with van der Waals surface area (Å²) < 4.78 is 4.73. The Balaban J connectivity index is 3.54. The summed E-state index contributed by atoms with van der Waals surface area (Å²) in [6, 6.07) is 0. The van der Waals surface area contributed by atoms with Gasteiger partial charge >= 0.3 is 5.97 Å². The lowest BCUT2D eigenvalue weighted by molar-refractivity contribution is -0.137. The summed E-state index contributed by atoms with van der Waals surface area (Å²) in [6.07, 6.45) is 5.49. The summed E-state index contributed by atoms with van der Waals surface area (Å²) in [6.45, 7) is 6.56. The highest BCUT2D eigenvalue weighted by Gasteiger charge is 1.96. The van der Waals surface area contributed by atoms with Crippen LogP contribution in [0.3, 0.4) is 0 Å². The third-order valence-electron chi connectivity index (χ3n) is 1.78. The third-order valence-corrected chi connectivity index (χ3v) is 1.78. The number of hydrogen-bond donors (Lipinski definition) is 0. The van der Waals surface area contributed by atoms with Gasteiger partial charge < -0.3 is 4.74 Å². The van der Waals surface area contributed by atoms with Crippen LogP contribution in [0.25, 0.3) is 0 Å². The molecule has 1 atom stereocenters. The van der Waals surface area contributed by atoms with Crippen molar-refractivity contribution in [3.05, 3.63) is 12.2 Å². The van der Waals surface area contributed by atoms with Gasteiger partial charge in [0.2, 0.25) is 0 Å². The number of allylic oxidation sites excluding steroid dienone is 1. The zero-order valence-corrected chi connectivity index (χ0v) is 8.17. The highest BCUT2D eigenvalue weighted by molar-refractivity contribution is 5.81. The van der Waals surface area contributed by atoms with E-state index in [1.54, 1.807) is 6.92 Å². The van der Waals surface area contributed by atoms with Gasteiger partial charge in [-0.1, -0.05) is 26.3 Å². The molecule has 0 aromatic rings. The predicted octanol–water partition coefficient (Wildman–Crippen LogP) is 2.54. The SMILES string of the molecule is CCOC(=O)/C=C/C[C@H](C)CC. The highest BCUT2D eigenvalue weighted by Crippen LogP contribution is 2.06. The fourth-order valence-corrected chi connectivity index (χ4v) is 0.754. The molecule has 12 heavy (non-hydrogen) atoms. The van der Waals surface area contributed by atoms with Crippen molar-refractivity contribution in [2.24, 2.45) is 5.92 Å². The molecule has 0 aromatic carbocycles. The van der Waals surface area contributed by atoms with Gasteiger partial charge in [0.15, 0.2) is 0 Å². The molecule has 2 nitrogen and oxygen atoms in total. The van der Waals surface area contributed by atoms with E-state index in [2.05, 4.69) is 13.8 Å². The summed E-state index contributed by atoms with van der Waals surface area (Å²) in [4.78, 5) is 10.8. The molecule has 0 spiro atoms. The van der Waals surface area contributed by atoms with E-state index >= 15 is 0 Å². The summed E-state index contributed by atoms with van der Waals surface area (Å²) in [7, 11) is 0. The van der Waals surface area contributed by atoms with Crippen molar-refractivity contribution in [1.29, 1.82) is 0 Å². The molecule has 0 aliphatic rings. The molecular formula is C10H18O2. The zero-order chi connectivity index (χ0) is 9.40. The largest absolute Gasteiger partial charge is 0.463 e. The average molecular weight is 170 g/mol. The second-order valence-corrected chi connectivity index (χ2v) is 2.90. The number of carbonyl (C=O) groups is 1. The Morgan fingerprint density at radius 3 is 2.67 bits per heavy atom. The first-order valence-electron chi connectivity index (χ1n) is 4.54. The van der Waals surface area contributed by atoms with Crippen molar-refractivity contribution in [3.63, 3.8) is 0 Å². The van der Waals surface area contributed by atoms with Gasteiger partial charge in [0.05, 0.1) is 6.61 Å². The molecule has 0 N–H and O–H groups in total. The van der Waals surface area contributed by atoms with Crippen molar-refractivity contribution in [2.45, 2.75) is 33.6 Å². The highest BCUT2D eigenvalue weighted by atomic mass is 16.5. The third kappa shape index (κ3) is 5.96. The number of esters is 1. The van der Waals surface area contributed by atoms with Crippen LogP contribution >= 0.6 is 0 Å². The molecule has 70 valence electrons. The fourth-order valence-electron chi connectivity index (χ4n) is 0.754. The maximum atomic E-state index is 10.8. The number of hydrogen-bond acceptors (Lipinski definition) is 2. The summed E-state index contributed by atoms with van der Waals surface area (Å²) in [5.41, 5.74) is 0. The number of carbonyl (C=O) groups excluding carboxylic acids is 1. The van der Waals surface area contributed by atoms with Crippen LogP contribution in [0, 0.1) is 5.92 Å². The maximum absolute atomic E-state index is 10.8. The Morgan fingerprint density at radius 2 is 2.17 bits per heavy atom. The van der Waals surface area contributed by atoms with Gasteiger partial charge in [0.1, 0.15) is 0 Å². The van der Waals surface area contributed by atoms with Crippen LogP contribution in [0.1, 0.15) is 33.6 Å². The Kier molecular flexibility index (Phi) is 6.44. The minimum absolute atomic E-state index is 0.235. The lowest BCUT2D eigenvalue weighted by atomic mass is 10.1. The van der Waals surface area contributed by atoms with Crippen molar-refractivity contribution in [2.75, 3.05) is 6.61 Å². The van der Waals surface area contributed by atoms with Gasteiger partial charge in [0, 0.05) is 6.08 Å². The molecule has 0 amide bonds. The summed E-state index contributed by atoms with van der Waals surface area (Å²) in [5.74, 6) is 0.413. The summed E-state index contributed by atoms with van der Waals surface area (Å²) in [5, 5.41) is 0. The van der Waals surface area contributed by atoms with E-state index in [9.17, 15) is 4.79 Å². The van der Waals surface area contributed by atoms with E-state index in [-0.39, 0.29) is 5.97 Å². The predicted molar refractivity (Wildman–Crippen MR) is 49.8 cm³/mol. The van der Waals surface area contributed by atoms with E-state index in [1.165, 1.54) is 6.08 Å². The Labute approximate surface area is 74.6 Å². The van der Waals surface area contributed by atoms with E-state index in [1.807, 2.05) is 6.08 Å². The minimum atomic E-state index is -0.235. The smallest absolute Gasteiger partial charge is 0.330 e. The van der Waals surface area contributed by atoms with E-state index in [4.69, 9.17) is 4.74 Å². The molecule has 0 aliphatic carbocycles. The van der Waals surface area contributed by atoms with Gasteiger partial charge in [-0.2, -0.15) is 0 Å². The molecule has 0 saturated heterocycles. The van der Waals surface area contributed by atoms with E-state index in [0.29, 0.717) is 12.5 Å². The molecule has 0 bridgehead atoms. The van der Waals surface area contributed by atoms with Gasteiger partial charge in [-0.05, 0) is 19.3 Å². The van der Waals surface area contributed by atoms with Crippen LogP contribution in [-0.2, 0) is 9.53 Å². The fraction of sp³-hybridized carbons (Fsp3) is 0.700. The molecule has 0 aliphatic heterocycles. The van der Waals surface area contributed by atoms with Crippen LogP contribution < -0.4 is 0 Å². The molecule has 0 saturated carbocycles. The maximum Gasteiger partial charge on any atom is 0.330 e. The first kappa shape index (κ1) is 11.2. The van der Waals surface area contributed by atoms with Crippen LogP contribution in [0.15, 0.2) is 12.2 Å². The molecule has 0 aromatic heterocycles. The van der Waals surface area contributed by atoms with Gasteiger partial charge in [-0.25, -0.2) is 4.79 Å². The zero-order valence-electron chi connectivity index (χ0n) is 8.17. The second-order valence-electron chi connectivity index (χ2n) is 2.90. The standard InChI is InChI=1S/C10H18O2/c1-4-9(3)7-6-8-10(11)12-5-2/h6,8-9H,4-5,7H2,1-3H3/b8-6+/t9-/m1/s1. The van der Waals surface area contributed by atoms with Gasteiger partial charge in [-0.3, -0.25) is 0 Å². The van der Waals surface area contributed by atoms with Crippen LogP contribution in [0.4, 0.5) is 0 Å². The molecular weight excluding hydrogens is 152 g/mol. The quantitative estimate of drug-likeness (QED) is 0.468. The first-order valence-corrected chi connectivity index (χ1v) is 4.54. The molecule has 0 rings (SSSR count). The van der Waals surface area contributed by atoms with Crippen LogP contribution in [0.5, 0.6) is 0 Å². The second kappa shape index (κ2) is 6.89. The Morgan fingerprint density at radius 1 is 1.50 bits per heavy atom. The normalized spacial score (nSPS) is 13.2. The van der Waals surface area contributed by atoms with E-state index in [0.717, 1.165) is 12.8 Å². The average Bonchev–Trinajstić information content (AvgIpc) is 2.04. The lowest BCUT2D eigenvalue weighted by Gasteiger charge is -2.01. The minimum Gasteiger partial charge on any atom is -0.463 e. The van der Waals surface area contributed by atoms with Crippen molar-refractivity contribution in [1.82, 2.24) is 0 Å². The van der Waals surface area contributed by atoms with Crippen molar-refractivity contribution in [3.8, 4) is 0 Å². The van der Waals surface area contributed by atoms with Crippen LogP contribution in [-0.4, -0.2) is 12.6 Å². The van der Waals surface area contributed by atoms with Gasteiger partial charge in [0.25, 0.3) is 0 Å². The topological polar surface area (TPSA) is 26.3 Å². The lowest BCUT2D eigenvalue weighted by Crippen LogP contribution is -1.99.